The predicted octanol–water partition coefficient (Wildman–Crippen LogP) is -0.185. The van der Waals surface area contributed by atoms with Gasteiger partial charge in [-0.05, 0) is 6.42 Å². The molecule has 0 aromatic heterocycles. The number of nitriles is 1. The molecular formula is C11H19N3O2. The lowest BCUT2D eigenvalue weighted by atomic mass is 9.91. The Morgan fingerprint density at radius 2 is 2.25 bits per heavy atom. The number of carbonyl (C=O) groups excluding carboxylic acids is 1. The topological polar surface area (TPSA) is 67.6 Å². The largest absolute Gasteiger partial charge is 0.387 e. The van der Waals surface area contributed by atoms with Crippen LogP contribution in [-0.4, -0.2) is 59.6 Å². The molecule has 0 aliphatic carbocycles. The molecule has 0 aromatic carbocycles. The Balaban J connectivity index is 2.24. The number of aliphatic hydroxyl groups is 1. The molecule has 0 bridgehead atoms. The van der Waals surface area contributed by atoms with E-state index in [2.05, 4.69) is 0 Å². The fraction of sp³-hybridized carbons (Fsp3) is 0.818. The Hall–Kier alpha value is -1.12. The molecule has 16 heavy (non-hydrogen) atoms. The molecule has 1 heterocycles. The molecule has 1 aliphatic heterocycles. The number of β-amino-alcohol motifs (C(OH)–C–C–N with tert-alkyl or cyclic N) is 1. The number of likely N-dealkylation sites (tertiary alicyclic amines) is 1. The summed E-state index contributed by atoms with van der Waals surface area (Å²) in [6.07, 6.45) is 1.09. The van der Waals surface area contributed by atoms with Gasteiger partial charge < -0.3 is 10.0 Å². The van der Waals surface area contributed by atoms with Crippen LogP contribution in [0.15, 0.2) is 0 Å². The molecule has 1 amide bonds. The molecule has 0 atom stereocenters. The fourth-order valence-electron chi connectivity index (χ4n) is 1.78. The van der Waals surface area contributed by atoms with E-state index in [4.69, 9.17) is 5.26 Å². The molecule has 0 radical (unpaired) electrons. The molecule has 1 aliphatic rings. The van der Waals surface area contributed by atoms with Crippen molar-refractivity contribution >= 4 is 5.91 Å². The Kier molecular flexibility index (Phi) is 4.27. The van der Waals surface area contributed by atoms with Gasteiger partial charge in [-0.2, -0.15) is 5.26 Å². The van der Waals surface area contributed by atoms with Crippen LogP contribution in [0.1, 0.15) is 19.8 Å². The van der Waals surface area contributed by atoms with Gasteiger partial charge in [0.05, 0.1) is 24.6 Å². The van der Waals surface area contributed by atoms with Crippen LogP contribution in [0.25, 0.3) is 0 Å². The molecule has 1 fully saturated rings. The van der Waals surface area contributed by atoms with Crippen molar-refractivity contribution in [3.8, 4) is 6.07 Å². The van der Waals surface area contributed by atoms with Crippen LogP contribution in [0.2, 0.25) is 0 Å². The highest BCUT2D eigenvalue weighted by atomic mass is 16.3. The third-order valence-corrected chi connectivity index (χ3v) is 3.04. The van der Waals surface area contributed by atoms with Crippen molar-refractivity contribution in [1.29, 1.82) is 5.26 Å². The average molecular weight is 225 g/mol. The van der Waals surface area contributed by atoms with Crippen molar-refractivity contribution in [2.24, 2.45) is 0 Å². The van der Waals surface area contributed by atoms with Crippen LogP contribution in [0.5, 0.6) is 0 Å². The maximum absolute atomic E-state index is 11.6. The van der Waals surface area contributed by atoms with Crippen LogP contribution in [0.3, 0.4) is 0 Å². The van der Waals surface area contributed by atoms with Gasteiger partial charge in [0.15, 0.2) is 0 Å². The third-order valence-electron chi connectivity index (χ3n) is 3.04. The number of hydrogen-bond acceptors (Lipinski definition) is 4. The minimum absolute atomic E-state index is 0.00778. The maximum atomic E-state index is 11.6. The molecule has 0 spiro atoms. The van der Waals surface area contributed by atoms with Gasteiger partial charge in [-0.25, -0.2) is 0 Å². The number of rotatable bonds is 5. The number of carbonyl (C=O) groups is 1. The lowest BCUT2D eigenvalue weighted by molar-refractivity contribution is -0.140. The fourth-order valence-corrected chi connectivity index (χ4v) is 1.78. The third kappa shape index (κ3) is 3.19. The lowest BCUT2D eigenvalue weighted by Crippen LogP contribution is -2.63. The molecule has 1 rings (SSSR count). The molecule has 1 N–H and O–H groups in total. The van der Waals surface area contributed by atoms with E-state index in [0.29, 0.717) is 32.6 Å². The lowest BCUT2D eigenvalue weighted by Gasteiger charge is -2.46. The average Bonchev–Trinajstić information content (AvgIpc) is 2.23. The maximum Gasteiger partial charge on any atom is 0.236 e. The highest BCUT2D eigenvalue weighted by Gasteiger charge is 2.40. The SMILES string of the molecule is CCC1(O)CN(CC(=O)N(C)CCC#N)C1. The number of amides is 1. The van der Waals surface area contributed by atoms with E-state index < -0.39 is 5.60 Å². The van der Waals surface area contributed by atoms with Crippen molar-refractivity contribution in [3.05, 3.63) is 0 Å². The number of hydrogen-bond donors (Lipinski definition) is 1. The van der Waals surface area contributed by atoms with Crippen LogP contribution >= 0.6 is 0 Å². The number of likely N-dealkylation sites (N-methyl/N-ethyl adjacent to an activating group) is 1. The predicted molar refractivity (Wildman–Crippen MR) is 59.5 cm³/mol. The van der Waals surface area contributed by atoms with Crippen LogP contribution < -0.4 is 0 Å². The second-order valence-electron chi connectivity index (χ2n) is 4.45. The van der Waals surface area contributed by atoms with Crippen molar-refractivity contribution in [3.63, 3.8) is 0 Å². The standard InChI is InChI=1S/C11H19N3O2/c1-3-11(16)8-14(9-11)7-10(15)13(2)6-4-5-12/h16H,3-4,6-9H2,1-2H3. The van der Waals surface area contributed by atoms with Crippen molar-refractivity contribution in [2.75, 3.05) is 33.2 Å². The summed E-state index contributed by atoms with van der Waals surface area (Å²) in [6.45, 7) is 3.90. The zero-order valence-corrected chi connectivity index (χ0v) is 9.94. The Bertz CT molecular complexity index is 292. The van der Waals surface area contributed by atoms with Gasteiger partial charge in [-0.3, -0.25) is 9.69 Å². The van der Waals surface area contributed by atoms with Gasteiger partial charge in [0.2, 0.25) is 5.91 Å². The summed E-state index contributed by atoms with van der Waals surface area (Å²) in [5.74, 6) is 0.00778. The Labute approximate surface area is 96.3 Å². The summed E-state index contributed by atoms with van der Waals surface area (Å²) >= 11 is 0. The van der Waals surface area contributed by atoms with Crippen LogP contribution in [0.4, 0.5) is 0 Å². The second-order valence-corrected chi connectivity index (χ2v) is 4.45. The van der Waals surface area contributed by atoms with E-state index in [1.165, 1.54) is 0 Å². The second kappa shape index (κ2) is 5.28. The van der Waals surface area contributed by atoms with Gasteiger partial charge >= 0.3 is 0 Å². The van der Waals surface area contributed by atoms with Crippen molar-refractivity contribution in [1.82, 2.24) is 9.80 Å². The summed E-state index contributed by atoms with van der Waals surface area (Å²) in [5, 5.41) is 18.2. The van der Waals surface area contributed by atoms with E-state index in [9.17, 15) is 9.90 Å². The van der Waals surface area contributed by atoms with Crippen molar-refractivity contribution < 1.29 is 9.90 Å². The highest BCUT2D eigenvalue weighted by Crippen LogP contribution is 2.23. The van der Waals surface area contributed by atoms with Crippen molar-refractivity contribution in [2.45, 2.75) is 25.4 Å². The summed E-state index contributed by atoms with van der Waals surface area (Å²) in [4.78, 5) is 15.1. The summed E-state index contributed by atoms with van der Waals surface area (Å²) < 4.78 is 0. The molecule has 0 saturated carbocycles. The molecular weight excluding hydrogens is 206 g/mol. The van der Waals surface area contributed by atoms with Gasteiger partial charge in [-0.1, -0.05) is 6.92 Å². The molecule has 5 heteroatoms. The summed E-state index contributed by atoms with van der Waals surface area (Å²) in [7, 11) is 1.70. The van der Waals surface area contributed by atoms with E-state index in [1.807, 2.05) is 17.9 Å². The van der Waals surface area contributed by atoms with Crippen LogP contribution in [-0.2, 0) is 4.79 Å². The quantitative estimate of drug-likeness (QED) is 0.704. The van der Waals surface area contributed by atoms with E-state index >= 15 is 0 Å². The first-order valence-electron chi connectivity index (χ1n) is 5.56. The minimum Gasteiger partial charge on any atom is -0.387 e. The molecule has 1 saturated heterocycles. The highest BCUT2D eigenvalue weighted by molar-refractivity contribution is 5.78. The van der Waals surface area contributed by atoms with Crippen LogP contribution in [0, 0.1) is 11.3 Å². The van der Waals surface area contributed by atoms with Gasteiger partial charge in [-0.15, -0.1) is 0 Å². The monoisotopic (exact) mass is 225 g/mol. The minimum atomic E-state index is -0.592. The van der Waals surface area contributed by atoms with E-state index in [0.717, 1.165) is 6.42 Å². The van der Waals surface area contributed by atoms with Gasteiger partial charge in [0.1, 0.15) is 0 Å². The van der Waals surface area contributed by atoms with Gasteiger partial charge in [0, 0.05) is 26.7 Å². The molecule has 0 aromatic rings. The summed E-state index contributed by atoms with van der Waals surface area (Å²) in [5.41, 5.74) is -0.592. The van der Waals surface area contributed by atoms with Gasteiger partial charge in [0.25, 0.3) is 0 Å². The van der Waals surface area contributed by atoms with E-state index in [1.54, 1.807) is 11.9 Å². The Morgan fingerprint density at radius 3 is 2.75 bits per heavy atom. The Morgan fingerprint density at radius 1 is 1.62 bits per heavy atom. The zero-order valence-electron chi connectivity index (χ0n) is 9.94. The first-order valence-corrected chi connectivity index (χ1v) is 5.56. The first-order chi connectivity index (χ1) is 7.50. The number of nitrogens with zero attached hydrogens (tertiary/aromatic N) is 3. The van der Waals surface area contributed by atoms with E-state index in [-0.39, 0.29) is 5.91 Å². The molecule has 90 valence electrons. The molecule has 5 nitrogen and oxygen atoms in total. The zero-order chi connectivity index (χ0) is 12.2. The summed E-state index contributed by atoms with van der Waals surface area (Å²) in [6, 6.07) is 2.01. The molecule has 0 unspecified atom stereocenters. The smallest absolute Gasteiger partial charge is 0.236 e. The first kappa shape index (κ1) is 12.9. The normalized spacial score (nSPS) is 18.6.